The molecule has 0 spiro atoms. The number of carbonyl (C=O) groups is 1. The van der Waals surface area contributed by atoms with Gasteiger partial charge in [0.15, 0.2) is 8.38 Å². The fraction of sp³-hybridized carbons (Fsp3) is 0.355. The van der Waals surface area contributed by atoms with E-state index in [1.807, 2.05) is 36.9 Å². The summed E-state index contributed by atoms with van der Waals surface area (Å²) in [5, 5.41) is 12.6. The summed E-state index contributed by atoms with van der Waals surface area (Å²) in [4.78, 5) is 20.9. The van der Waals surface area contributed by atoms with E-state index in [1.54, 1.807) is 36.5 Å². The van der Waals surface area contributed by atoms with Gasteiger partial charge in [0.2, 0.25) is 5.95 Å². The Labute approximate surface area is 261 Å². The minimum atomic E-state index is -4.75. The summed E-state index contributed by atoms with van der Waals surface area (Å²) in [5.74, 6) is -0.648. The Morgan fingerprint density at radius 2 is 1.71 bits per heavy atom. The first-order chi connectivity index (χ1) is 21.5. The van der Waals surface area contributed by atoms with Crippen LogP contribution < -0.4 is 16.0 Å². The number of hydrogen-bond donors (Lipinski definition) is 3. The molecule has 2 aromatic carbocycles. The van der Waals surface area contributed by atoms with Gasteiger partial charge in [-0.2, -0.15) is 23.3 Å². The number of nitrogens with one attached hydrogen (secondary N) is 3. The number of benzene rings is 2. The second kappa shape index (κ2) is 15.3. The third kappa shape index (κ3) is 9.23. The first-order valence-corrected chi connectivity index (χ1v) is 15.9. The molecule has 0 atom stereocenters. The van der Waals surface area contributed by atoms with E-state index in [-0.39, 0.29) is 17.2 Å². The van der Waals surface area contributed by atoms with Crippen molar-refractivity contribution < 1.29 is 27.0 Å². The summed E-state index contributed by atoms with van der Waals surface area (Å²) < 4.78 is 55.2. The van der Waals surface area contributed by atoms with Gasteiger partial charge in [-0.05, 0) is 55.2 Å². The predicted octanol–water partition coefficient (Wildman–Crippen LogP) is 7.75. The molecule has 0 aliphatic carbocycles. The van der Waals surface area contributed by atoms with Crippen molar-refractivity contribution in [2.75, 3.05) is 30.9 Å². The third-order valence-corrected chi connectivity index (χ3v) is 8.14. The monoisotopic (exact) mass is 643 g/mol. The van der Waals surface area contributed by atoms with E-state index in [1.165, 1.54) is 7.05 Å². The molecule has 4 aromatic rings. The molecule has 10 nitrogen and oxygen atoms in total. The first kappa shape index (κ1) is 33.8. The fourth-order valence-electron chi connectivity index (χ4n) is 4.40. The highest BCUT2D eigenvalue weighted by Crippen LogP contribution is 2.42. The summed E-state index contributed by atoms with van der Waals surface area (Å²) in [7, 11) is 0.394. The van der Waals surface area contributed by atoms with Gasteiger partial charge in [-0.3, -0.25) is 9.48 Å². The molecule has 0 aliphatic rings. The van der Waals surface area contributed by atoms with E-state index < -0.39 is 31.8 Å². The number of aromatic nitrogens is 4. The van der Waals surface area contributed by atoms with E-state index in [2.05, 4.69) is 44.9 Å². The smallest absolute Gasteiger partial charge is 0.355 e. The Bertz CT molecular complexity index is 1570. The zero-order valence-electron chi connectivity index (χ0n) is 25.8. The van der Waals surface area contributed by atoms with Crippen LogP contribution in [0.3, 0.4) is 0 Å². The Hall–Kier alpha value is -4.06. The first-order valence-electron chi connectivity index (χ1n) is 14.5. The van der Waals surface area contributed by atoms with Crippen LogP contribution in [-0.4, -0.2) is 45.9 Å². The molecular weight excluding hydrogens is 606 g/mol. The standard InChI is InChI=1S/C31H37F3N7O3P/c1-6-43-45(44-7-2)19-21-8-11-24(12-9-21)38-30-36-16-26(31(32,33)34)28(40-30)39-27-13-10-22(14-25(27)29(42)35-5)23-15-37-41(18-23)17-20(3)4/h8-16,18,20H,6-7,17,19H2,1-5H3,(H,35,42)(H2,36,38,39,40). The maximum atomic E-state index is 14.0. The summed E-state index contributed by atoms with van der Waals surface area (Å²) in [6.45, 7) is 9.79. The summed E-state index contributed by atoms with van der Waals surface area (Å²) in [5.41, 5.74) is 2.24. The van der Waals surface area contributed by atoms with Crippen LogP contribution in [0.4, 0.5) is 36.3 Å². The lowest BCUT2D eigenvalue weighted by atomic mass is 10.0. The maximum Gasteiger partial charge on any atom is 0.421 e. The van der Waals surface area contributed by atoms with Gasteiger partial charge >= 0.3 is 6.18 Å². The Balaban J connectivity index is 1.61. The molecule has 0 saturated heterocycles. The van der Waals surface area contributed by atoms with Crippen molar-refractivity contribution in [3.63, 3.8) is 0 Å². The van der Waals surface area contributed by atoms with Crippen molar-refractivity contribution in [2.24, 2.45) is 5.92 Å². The number of hydrogen-bond acceptors (Lipinski definition) is 8. The summed E-state index contributed by atoms with van der Waals surface area (Å²) in [6, 6.07) is 12.2. The normalized spacial score (nSPS) is 11.7. The zero-order chi connectivity index (χ0) is 32.6. The molecule has 0 radical (unpaired) electrons. The molecule has 1 amide bonds. The second-order valence-corrected chi connectivity index (χ2v) is 11.9. The molecule has 14 heteroatoms. The van der Waals surface area contributed by atoms with Gasteiger partial charge in [-0.1, -0.05) is 32.0 Å². The van der Waals surface area contributed by atoms with E-state index in [0.29, 0.717) is 42.7 Å². The number of amides is 1. The molecule has 0 unspecified atom stereocenters. The van der Waals surface area contributed by atoms with Gasteiger partial charge < -0.3 is 25.0 Å². The van der Waals surface area contributed by atoms with Crippen LogP contribution in [-0.2, 0) is 27.9 Å². The second-order valence-electron chi connectivity index (χ2n) is 10.4. The molecule has 0 bridgehead atoms. The molecule has 0 saturated carbocycles. The molecule has 240 valence electrons. The van der Waals surface area contributed by atoms with Crippen LogP contribution in [0.15, 0.2) is 61.1 Å². The van der Waals surface area contributed by atoms with Gasteiger partial charge in [0, 0.05) is 43.4 Å². The van der Waals surface area contributed by atoms with E-state index >= 15 is 0 Å². The molecule has 45 heavy (non-hydrogen) atoms. The lowest BCUT2D eigenvalue weighted by Crippen LogP contribution is -2.20. The highest BCUT2D eigenvalue weighted by Gasteiger charge is 2.35. The maximum absolute atomic E-state index is 14.0. The van der Waals surface area contributed by atoms with Crippen LogP contribution in [0.5, 0.6) is 0 Å². The molecule has 3 N–H and O–H groups in total. The van der Waals surface area contributed by atoms with Crippen LogP contribution in [0.1, 0.15) is 49.2 Å². The number of anilines is 4. The van der Waals surface area contributed by atoms with Crippen molar-refractivity contribution in [1.29, 1.82) is 0 Å². The lowest BCUT2D eigenvalue weighted by molar-refractivity contribution is -0.137. The fourth-order valence-corrected chi connectivity index (χ4v) is 5.74. The highest BCUT2D eigenvalue weighted by molar-refractivity contribution is 7.46. The molecule has 0 fully saturated rings. The minimum Gasteiger partial charge on any atom is -0.355 e. The molecule has 2 aromatic heterocycles. The van der Waals surface area contributed by atoms with Crippen LogP contribution >= 0.6 is 8.38 Å². The average molecular weight is 644 g/mol. The van der Waals surface area contributed by atoms with Gasteiger partial charge in [-0.15, -0.1) is 0 Å². The Morgan fingerprint density at radius 1 is 1.00 bits per heavy atom. The summed E-state index contributed by atoms with van der Waals surface area (Å²) >= 11 is 0. The van der Waals surface area contributed by atoms with Crippen LogP contribution in [0.25, 0.3) is 11.1 Å². The number of halogens is 3. The largest absolute Gasteiger partial charge is 0.421 e. The Kier molecular flexibility index (Phi) is 11.5. The quantitative estimate of drug-likeness (QED) is 0.120. The van der Waals surface area contributed by atoms with Crippen LogP contribution in [0.2, 0.25) is 0 Å². The minimum absolute atomic E-state index is 0.0557. The van der Waals surface area contributed by atoms with Crippen molar-refractivity contribution in [3.8, 4) is 11.1 Å². The molecule has 0 aliphatic heterocycles. The third-order valence-electron chi connectivity index (χ3n) is 6.43. The van der Waals surface area contributed by atoms with Crippen LogP contribution in [0, 0.1) is 5.92 Å². The number of rotatable bonds is 14. The molecular formula is C31H37F3N7O3P. The van der Waals surface area contributed by atoms with Crippen molar-refractivity contribution in [3.05, 3.63) is 77.7 Å². The van der Waals surface area contributed by atoms with E-state index in [9.17, 15) is 18.0 Å². The zero-order valence-corrected chi connectivity index (χ0v) is 26.7. The summed E-state index contributed by atoms with van der Waals surface area (Å²) in [6.07, 6.45) is 0.117. The van der Waals surface area contributed by atoms with Crippen molar-refractivity contribution in [1.82, 2.24) is 25.1 Å². The molecule has 4 rings (SSSR count). The lowest BCUT2D eigenvalue weighted by Gasteiger charge is -2.17. The topological polar surface area (TPSA) is 115 Å². The highest BCUT2D eigenvalue weighted by atomic mass is 31.2. The van der Waals surface area contributed by atoms with Crippen molar-refractivity contribution in [2.45, 2.75) is 46.6 Å². The van der Waals surface area contributed by atoms with Gasteiger partial charge in [0.05, 0.1) is 30.7 Å². The SMILES string of the molecule is CCOP(Cc1ccc(Nc2ncc(C(F)(F)F)c(Nc3ccc(-c4cnn(CC(C)C)c4)cc3C(=O)NC)n2)cc1)OCC. The number of carbonyl (C=O) groups excluding carboxylic acids is 1. The van der Waals surface area contributed by atoms with Crippen molar-refractivity contribution >= 4 is 37.4 Å². The predicted molar refractivity (Wildman–Crippen MR) is 170 cm³/mol. The number of alkyl halides is 3. The number of nitrogens with zero attached hydrogens (tertiary/aromatic N) is 4. The van der Waals surface area contributed by atoms with E-state index in [4.69, 9.17) is 9.05 Å². The van der Waals surface area contributed by atoms with E-state index in [0.717, 1.165) is 17.7 Å². The van der Waals surface area contributed by atoms with Gasteiger partial charge in [0.25, 0.3) is 5.91 Å². The average Bonchev–Trinajstić information content (AvgIpc) is 3.45. The van der Waals surface area contributed by atoms with Gasteiger partial charge in [-0.25, -0.2) is 4.98 Å². The van der Waals surface area contributed by atoms with Gasteiger partial charge in [0.1, 0.15) is 11.4 Å². The molecule has 2 heterocycles. The Morgan fingerprint density at radius 3 is 2.33 bits per heavy atom.